The number of amides is 2. The molecule has 2 aromatic carbocycles. The molecule has 0 radical (unpaired) electrons. The molecule has 7 nitrogen and oxygen atoms in total. The zero-order valence-corrected chi connectivity index (χ0v) is 17.5. The SMILES string of the molecule is O=C1CC2(CCN(C(=O)NCc3ccc(F)c(OCCO)c3)CC2)Nc2ccc(F)cc21. The van der Waals surface area contributed by atoms with E-state index in [2.05, 4.69) is 10.6 Å². The zero-order chi connectivity index (χ0) is 22.7. The summed E-state index contributed by atoms with van der Waals surface area (Å²) in [4.78, 5) is 26.9. The second-order valence-electron chi connectivity index (χ2n) is 8.18. The average Bonchev–Trinajstić information content (AvgIpc) is 2.78. The topological polar surface area (TPSA) is 90.9 Å². The Morgan fingerprint density at radius 1 is 1.19 bits per heavy atom. The number of piperidine rings is 1. The smallest absolute Gasteiger partial charge is 0.317 e. The molecular weight excluding hydrogens is 420 g/mol. The molecule has 32 heavy (non-hydrogen) atoms. The van der Waals surface area contributed by atoms with E-state index < -0.39 is 17.2 Å². The highest BCUT2D eigenvalue weighted by Crippen LogP contribution is 2.37. The van der Waals surface area contributed by atoms with E-state index in [0.29, 0.717) is 42.7 Å². The lowest BCUT2D eigenvalue weighted by atomic mass is 9.78. The van der Waals surface area contributed by atoms with E-state index in [-0.39, 0.29) is 43.7 Å². The Morgan fingerprint density at radius 3 is 2.72 bits per heavy atom. The van der Waals surface area contributed by atoms with E-state index in [1.54, 1.807) is 17.0 Å². The van der Waals surface area contributed by atoms with Gasteiger partial charge in [0, 0.05) is 42.8 Å². The summed E-state index contributed by atoms with van der Waals surface area (Å²) in [5.74, 6) is -1.03. The number of aliphatic hydroxyl groups is 1. The van der Waals surface area contributed by atoms with Gasteiger partial charge >= 0.3 is 6.03 Å². The summed E-state index contributed by atoms with van der Waals surface area (Å²) in [5.41, 5.74) is 1.24. The third-order valence-electron chi connectivity index (χ3n) is 5.98. The number of hydrogen-bond donors (Lipinski definition) is 3. The first-order valence-electron chi connectivity index (χ1n) is 10.5. The molecule has 2 heterocycles. The van der Waals surface area contributed by atoms with Gasteiger partial charge in [0.05, 0.1) is 6.61 Å². The second kappa shape index (κ2) is 9.12. The van der Waals surface area contributed by atoms with Crippen molar-refractivity contribution in [2.24, 2.45) is 0 Å². The molecule has 2 aromatic rings. The van der Waals surface area contributed by atoms with Crippen LogP contribution in [0, 0.1) is 11.6 Å². The highest BCUT2D eigenvalue weighted by molar-refractivity contribution is 6.04. The number of ether oxygens (including phenoxy) is 1. The highest BCUT2D eigenvalue weighted by Gasteiger charge is 2.41. The van der Waals surface area contributed by atoms with E-state index in [4.69, 9.17) is 9.84 Å². The maximum Gasteiger partial charge on any atom is 0.317 e. The number of likely N-dealkylation sites (tertiary alicyclic amines) is 1. The van der Waals surface area contributed by atoms with Crippen LogP contribution in [-0.4, -0.2) is 53.7 Å². The fraction of sp³-hybridized carbons (Fsp3) is 0.391. The van der Waals surface area contributed by atoms with Crippen LogP contribution in [0.25, 0.3) is 0 Å². The summed E-state index contributed by atoms with van der Waals surface area (Å²) in [7, 11) is 0. The summed E-state index contributed by atoms with van der Waals surface area (Å²) in [6, 6.07) is 8.25. The van der Waals surface area contributed by atoms with Crippen LogP contribution in [0.15, 0.2) is 36.4 Å². The van der Waals surface area contributed by atoms with Crippen molar-refractivity contribution in [3.05, 3.63) is 59.2 Å². The van der Waals surface area contributed by atoms with Crippen LogP contribution in [0.1, 0.15) is 35.2 Å². The van der Waals surface area contributed by atoms with Crippen LogP contribution in [0.5, 0.6) is 5.75 Å². The molecule has 2 aliphatic rings. The molecule has 0 aromatic heterocycles. The van der Waals surface area contributed by atoms with Crippen molar-refractivity contribution in [3.8, 4) is 5.75 Å². The molecule has 0 atom stereocenters. The summed E-state index contributed by atoms with van der Waals surface area (Å²) in [6.45, 7) is 0.901. The third-order valence-corrected chi connectivity index (χ3v) is 5.98. The van der Waals surface area contributed by atoms with E-state index >= 15 is 0 Å². The normalized spacial score (nSPS) is 17.0. The number of fused-ring (bicyclic) bond motifs is 1. The lowest BCUT2D eigenvalue weighted by Gasteiger charge is -2.45. The van der Waals surface area contributed by atoms with Crippen molar-refractivity contribution >= 4 is 17.5 Å². The maximum absolute atomic E-state index is 13.7. The number of aliphatic hydroxyl groups excluding tert-OH is 1. The molecule has 4 rings (SSSR count). The molecule has 170 valence electrons. The van der Waals surface area contributed by atoms with Gasteiger partial charge in [0.25, 0.3) is 0 Å². The van der Waals surface area contributed by atoms with E-state index in [1.165, 1.54) is 24.3 Å². The van der Waals surface area contributed by atoms with Crippen LogP contribution in [0.3, 0.4) is 0 Å². The predicted molar refractivity (Wildman–Crippen MR) is 114 cm³/mol. The minimum Gasteiger partial charge on any atom is -0.488 e. The summed E-state index contributed by atoms with van der Waals surface area (Å²) >= 11 is 0. The van der Waals surface area contributed by atoms with Gasteiger partial charge in [0.2, 0.25) is 0 Å². The number of nitrogens with zero attached hydrogens (tertiary/aromatic N) is 1. The van der Waals surface area contributed by atoms with Gasteiger partial charge in [-0.25, -0.2) is 13.6 Å². The number of halogens is 2. The monoisotopic (exact) mass is 445 g/mol. The zero-order valence-electron chi connectivity index (χ0n) is 17.5. The fourth-order valence-corrected chi connectivity index (χ4v) is 4.24. The average molecular weight is 445 g/mol. The number of carbonyl (C=O) groups excluding carboxylic acids is 2. The van der Waals surface area contributed by atoms with Gasteiger partial charge in [-0.2, -0.15) is 0 Å². The molecule has 2 amide bonds. The van der Waals surface area contributed by atoms with Gasteiger partial charge in [-0.3, -0.25) is 4.79 Å². The van der Waals surface area contributed by atoms with Crippen molar-refractivity contribution < 1.29 is 28.2 Å². The number of carbonyl (C=O) groups is 2. The van der Waals surface area contributed by atoms with Gasteiger partial charge in [-0.05, 0) is 48.7 Å². The number of benzene rings is 2. The molecular formula is C23H25F2N3O4. The van der Waals surface area contributed by atoms with Gasteiger partial charge < -0.3 is 25.4 Å². The molecule has 9 heteroatoms. The first kappa shape index (κ1) is 22.0. The van der Waals surface area contributed by atoms with Crippen molar-refractivity contribution in [3.63, 3.8) is 0 Å². The predicted octanol–water partition coefficient (Wildman–Crippen LogP) is 3.08. The van der Waals surface area contributed by atoms with Gasteiger partial charge in [0.15, 0.2) is 17.3 Å². The van der Waals surface area contributed by atoms with Crippen LogP contribution in [0.4, 0.5) is 19.3 Å². The Bertz CT molecular complexity index is 1020. The van der Waals surface area contributed by atoms with E-state index in [9.17, 15) is 18.4 Å². The Morgan fingerprint density at radius 2 is 1.97 bits per heavy atom. The molecule has 1 spiro atoms. The summed E-state index contributed by atoms with van der Waals surface area (Å²) < 4.78 is 32.4. The number of urea groups is 1. The molecule has 1 fully saturated rings. The molecule has 0 saturated carbocycles. The van der Waals surface area contributed by atoms with Crippen molar-refractivity contribution in [2.75, 3.05) is 31.6 Å². The number of nitrogens with one attached hydrogen (secondary N) is 2. The molecule has 3 N–H and O–H groups in total. The first-order chi connectivity index (χ1) is 15.4. The third kappa shape index (κ3) is 4.67. The molecule has 1 saturated heterocycles. The standard InChI is InChI=1S/C23H25F2N3O4/c24-16-2-4-19-17(12-16)20(30)13-23(27-19)5-7-28(8-6-23)22(31)26-14-15-1-3-18(25)21(11-15)32-10-9-29/h1-4,11-12,27,29H,5-10,13-14H2,(H,26,31). The van der Waals surface area contributed by atoms with Crippen LogP contribution in [-0.2, 0) is 6.54 Å². The quantitative estimate of drug-likeness (QED) is 0.658. The lowest BCUT2D eigenvalue weighted by molar-refractivity contribution is 0.0915. The second-order valence-corrected chi connectivity index (χ2v) is 8.18. The fourth-order valence-electron chi connectivity index (χ4n) is 4.24. The molecule has 0 aliphatic carbocycles. The van der Waals surface area contributed by atoms with Gasteiger partial charge in [0.1, 0.15) is 12.4 Å². The van der Waals surface area contributed by atoms with E-state index in [1.807, 2.05) is 0 Å². The van der Waals surface area contributed by atoms with Crippen LogP contribution in [0.2, 0.25) is 0 Å². The number of hydrogen-bond acceptors (Lipinski definition) is 5. The molecule has 0 bridgehead atoms. The summed E-state index contributed by atoms with van der Waals surface area (Å²) in [6.07, 6.45) is 1.46. The Labute approximate surface area is 184 Å². The summed E-state index contributed by atoms with van der Waals surface area (Å²) in [5, 5.41) is 15.1. The Balaban J connectivity index is 1.32. The van der Waals surface area contributed by atoms with Crippen molar-refractivity contribution in [1.29, 1.82) is 0 Å². The Kier molecular flexibility index (Phi) is 6.27. The molecule has 2 aliphatic heterocycles. The number of Topliss-reactive ketones (excluding diaryl/α,β-unsaturated/α-hetero) is 1. The van der Waals surface area contributed by atoms with Gasteiger partial charge in [-0.15, -0.1) is 0 Å². The maximum atomic E-state index is 13.7. The first-order valence-corrected chi connectivity index (χ1v) is 10.5. The minimum atomic E-state index is -0.534. The van der Waals surface area contributed by atoms with Gasteiger partial charge in [-0.1, -0.05) is 6.07 Å². The number of rotatable bonds is 5. The molecule has 0 unspecified atom stereocenters. The lowest BCUT2D eigenvalue weighted by Crippen LogP contribution is -2.55. The van der Waals surface area contributed by atoms with Crippen LogP contribution < -0.4 is 15.4 Å². The van der Waals surface area contributed by atoms with E-state index in [0.717, 1.165) is 0 Å². The Hall–Kier alpha value is -3.20. The number of ketones is 1. The number of anilines is 1. The highest BCUT2D eigenvalue weighted by atomic mass is 19.1. The van der Waals surface area contributed by atoms with Crippen molar-refractivity contribution in [1.82, 2.24) is 10.2 Å². The minimum absolute atomic E-state index is 0.0157. The largest absolute Gasteiger partial charge is 0.488 e. The van der Waals surface area contributed by atoms with Crippen LogP contribution >= 0.6 is 0 Å². The van der Waals surface area contributed by atoms with Crippen molar-refractivity contribution in [2.45, 2.75) is 31.3 Å².